The van der Waals surface area contributed by atoms with E-state index in [1.165, 1.54) is 21.1 Å². The number of carbonyl (C=O) groups is 4. The van der Waals surface area contributed by atoms with Crippen molar-refractivity contribution in [2.24, 2.45) is 0 Å². The number of hydrogen-bond acceptors (Lipinski definition) is 8. The van der Waals surface area contributed by atoms with Gasteiger partial charge in [0.05, 0.1) is 49.4 Å². The number of para-hydroxylation sites is 1. The lowest BCUT2D eigenvalue weighted by Crippen LogP contribution is -2.48. The van der Waals surface area contributed by atoms with Crippen molar-refractivity contribution in [3.63, 3.8) is 0 Å². The zero-order chi connectivity index (χ0) is 30.6. The van der Waals surface area contributed by atoms with Gasteiger partial charge in [-0.15, -0.1) is 0 Å². The Kier molecular flexibility index (Phi) is 11.7. The molecule has 1 atom stereocenters. The van der Waals surface area contributed by atoms with Crippen LogP contribution < -0.4 is 36.6 Å². The summed E-state index contributed by atoms with van der Waals surface area (Å²) in [6, 6.07) is 16.7. The molecule has 0 spiro atoms. The molecule has 3 aromatic rings. The Labute approximate surface area is 252 Å². The van der Waals surface area contributed by atoms with E-state index in [1.807, 2.05) is 18.2 Å². The van der Waals surface area contributed by atoms with Gasteiger partial charge < -0.3 is 36.1 Å². The zero-order valence-corrected chi connectivity index (χ0v) is 25.2. The number of hydrogen-bond donors (Lipinski definition) is 6. The Morgan fingerprint density at radius 2 is 1.62 bits per heavy atom. The van der Waals surface area contributed by atoms with Crippen LogP contribution in [0.15, 0.2) is 65.1 Å². The minimum Gasteiger partial charge on any atom is -0.495 e. The fourth-order valence-electron chi connectivity index (χ4n) is 3.90. The van der Waals surface area contributed by atoms with Crippen LogP contribution in [0.3, 0.4) is 0 Å². The highest BCUT2D eigenvalue weighted by Gasteiger charge is 2.16. The van der Waals surface area contributed by atoms with Crippen LogP contribution in [-0.4, -0.2) is 57.8 Å². The van der Waals surface area contributed by atoms with Gasteiger partial charge in [0.25, 0.3) is 0 Å². The van der Waals surface area contributed by atoms with Crippen LogP contribution >= 0.6 is 15.9 Å². The van der Waals surface area contributed by atoms with Crippen LogP contribution in [-0.2, 0) is 20.7 Å². The number of ether oxygens (including phenoxy) is 2. The summed E-state index contributed by atoms with van der Waals surface area (Å²) < 4.78 is 11.0. The zero-order valence-electron chi connectivity index (χ0n) is 23.6. The van der Waals surface area contributed by atoms with Crippen molar-refractivity contribution in [3.8, 4) is 5.75 Å². The van der Waals surface area contributed by atoms with Crippen molar-refractivity contribution in [2.45, 2.75) is 19.5 Å². The summed E-state index contributed by atoms with van der Waals surface area (Å²) in [5, 5.41) is 17.3. The molecule has 0 aliphatic rings. The van der Waals surface area contributed by atoms with Crippen LogP contribution in [0.5, 0.6) is 5.75 Å². The summed E-state index contributed by atoms with van der Waals surface area (Å²) in [5.41, 5.74) is 2.89. The van der Waals surface area contributed by atoms with Gasteiger partial charge in [0.1, 0.15) is 5.75 Å². The van der Waals surface area contributed by atoms with Gasteiger partial charge in [-0.2, -0.15) is 0 Å². The van der Waals surface area contributed by atoms with E-state index < -0.39 is 18.2 Å². The molecule has 0 saturated heterocycles. The molecular formula is C29H33BrN6O6. The third-order valence-corrected chi connectivity index (χ3v) is 6.62. The van der Waals surface area contributed by atoms with E-state index >= 15 is 0 Å². The Bertz CT molecular complexity index is 1450. The maximum absolute atomic E-state index is 12.8. The number of rotatable bonds is 12. The highest BCUT2D eigenvalue weighted by molar-refractivity contribution is 9.10. The second-order valence-electron chi connectivity index (χ2n) is 8.99. The lowest BCUT2D eigenvalue weighted by atomic mass is 10.1. The molecule has 13 heteroatoms. The van der Waals surface area contributed by atoms with E-state index in [4.69, 9.17) is 9.47 Å². The maximum atomic E-state index is 12.8. The summed E-state index contributed by atoms with van der Waals surface area (Å²) in [4.78, 5) is 48.9. The number of halogens is 1. The van der Waals surface area contributed by atoms with E-state index in [-0.39, 0.29) is 23.8 Å². The molecule has 12 nitrogen and oxygen atoms in total. The number of esters is 1. The summed E-state index contributed by atoms with van der Waals surface area (Å²) in [6.45, 7) is 1.65. The normalized spacial score (nSPS) is 11.1. The fraction of sp³-hybridized carbons (Fsp3) is 0.241. The largest absolute Gasteiger partial charge is 0.495 e. The van der Waals surface area contributed by atoms with Crippen LogP contribution in [0.25, 0.3) is 0 Å². The third-order valence-electron chi connectivity index (χ3n) is 5.93. The lowest BCUT2D eigenvalue weighted by molar-refractivity contribution is -0.121. The topological polar surface area (TPSA) is 159 Å². The van der Waals surface area contributed by atoms with E-state index in [9.17, 15) is 19.2 Å². The van der Waals surface area contributed by atoms with Crippen LogP contribution in [0.4, 0.5) is 27.5 Å². The minimum absolute atomic E-state index is 0.0679. The first kappa shape index (κ1) is 31.9. The lowest BCUT2D eigenvalue weighted by Gasteiger charge is -2.20. The fourth-order valence-corrected chi connectivity index (χ4v) is 4.28. The van der Waals surface area contributed by atoms with Gasteiger partial charge in [0, 0.05) is 23.6 Å². The molecular weight excluding hydrogens is 608 g/mol. The minimum atomic E-state index is -0.574. The Hall–Kier alpha value is -4.62. The van der Waals surface area contributed by atoms with Crippen molar-refractivity contribution in [2.75, 3.05) is 49.1 Å². The van der Waals surface area contributed by atoms with Gasteiger partial charge >= 0.3 is 12.0 Å². The molecule has 0 fully saturated rings. The molecule has 0 radical (unpaired) electrons. The third kappa shape index (κ3) is 9.21. The van der Waals surface area contributed by atoms with Crippen molar-refractivity contribution >= 4 is 62.5 Å². The number of amides is 4. The number of urea groups is 1. The second-order valence-corrected chi connectivity index (χ2v) is 9.85. The molecule has 0 aromatic heterocycles. The SMILES string of the molecule is CNC(CNc1ccc(C(=O)OC)c(NC(C)=O)c1)NC(=O)Cc1ccc(NC(=O)Nc2ccccc2Br)c(OC)c1. The van der Waals surface area contributed by atoms with E-state index in [2.05, 4.69) is 47.8 Å². The highest BCUT2D eigenvalue weighted by atomic mass is 79.9. The average Bonchev–Trinajstić information content (AvgIpc) is 2.96. The Balaban J connectivity index is 1.58. The van der Waals surface area contributed by atoms with E-state index in [1.54, 1.807) is 49.5 Å². The molecule has 0 saturated carbocycles. The summed E-state index contributed by atoms with van der Waals surface area (Å²) in [6.07, 6.45) is -0.371. The number of nitrogens with one attached hydrogen (secondary N) is 6. The molecule has 3 aromatic carbocycles. The molecule has 0 aliphatic heterocycles. The average molecular weight is 642 g/mol. The van der Waals surface area contributed by atoms with Crippen LogP contribution in [0, 0.1) is 0 Å². The second kappa shape index (κ2) is 15.4. The molecule has 0 heterocycles. The molecule has 0 bridgehead atoms. The molecule has 42 heavy (non-hydrogen) atoms. The predicted octanol–water partition coefficient (Wildman–Crippen LogP) is 4.16. The molecule has 3 rings (SSSR count). The van der Waals surface area contributed by atoms with Crippen LogP contribution in [0.1, 0.15) is 22.8 Å². The van der Waals surface area contributed by atoms with Crippen molar-refractivity contribution in [1.82, 2.24) is 10.6 Å². The summed E-state index contributed by atoms with van der Waals surface area (Å²) in [7, 11) is 4.45. The first-order chi connectivity index (χ1) is 20.1. The number of methoxy groups -OCH3 is 2. The monoisotopic (exact) mass is 640 g/mol. The Morgan fingerprint density at radius 1 is 0.881 bits per heavy atom. The van der Waals surface area contributed by atoms with Crippen molar-refractivity contribution in [1.29, 1.82) is 0 Å². The summed E-state index contributed by atoms with van der Waals surface area (Å²) in [5.74, 6) is -0.748. The van der Waals surface area contributed by atoms with Gasteiger partial charge in [-0.25, -0.2) is 9.59 Å². The van der Waals surface area contributed by atoms with Gasteiger partial charge in [-0.3, -0.25) is 14.9 Å². The number of anilines is 4. The van der Waals surface area contributed by atoms with Gasteiger partial charge in [0.2, 0.25) is 11.8 Å². The molecule has 222 valence electrons. The predicted molar refractivity (Wildman–Crippen MR) is 165 cm³/mol. The standard InChI is InChI=1S/C29H33BrN6O6/c1-17(37)33-24-15-19(10-11-20(24)28(39)42-4)32-16-26(31-2)36-27(38)14-18-9-12-23(25(13-18)41-3)35-29(40)34-22-8-6-5-7-21(22)30/h5-13,15,26,31-32H,14,16H2,1-4H3,(H,33,37)(H,36,38)(H2,34,35,40). The molecule has 0 aliphatic carbocycles. The Morgan fingerprint density at radius 3 is 2.29 bits per heavy atom. The first-order valence-electron chi connectivity index (χ1n) is 12.8. The van der Waals surface area contributed by atoms with Gasteiger partial charge in [0.15, 0.2) is 0 Å². The quantitative estimate of drug-likeness (QED) is 0.127. The number of benzene rings is 3. The van der Waals surface area contributed by atoms with Crippen molar-refractivity contribution in [3.05, 3.63) is 76.3 Å². The maximum Gasteiger partial charge on any atom is 0.339 e. The number of carbonyl (C=O) groups excluding carboxylic acids is 4. The van der Waals surface area contributed by atoms with Gasteiger partial charge in [-0.1, -0.05) is 18.2 Å². The van der Waals surface area contributed by atoms with Crippen LogP contribution in [0.2, 0.25) is 0 Å². The molecule has 1 unspecified atom stereocenters. The number of likely N-dealkylation sites (N-methyl/N-ethyl adjacent to an activating group) is 1. The van der Waals surface area contributed by atoms with E-state index in [0.29, 0.717) is 40.6 Å². The molecule has 4 amide bonds. The van der Waals surface area contributed by atoms with E-state index in [0.717, 1.165) is 4.47 Å². The summed E-state index contributed by atoms with van der Waals surface area (Å²) >= 11 is 3.39. The molecule has 6 N–H and O–H groups in total. The smallest absolute Gasteiger partial charge is 0.339 e. The highest BCUT2D eigenvalue weighted by Crippen LogP contribution is 2.27. The van der Waals surface area contributed by atoms with Gasteiger partial charge in [-0.05, 0) is 71.0 Å². The first-order valence-corrected chi connectivity index (χ1v) is 13.6. The van der Waals surface area contributed by atoms with Crippen molar-refractivity contribution < 1.29 is 28.7 Å².